The molecule has 2 fully saturated rings. The van der Waals surface area contributed by atoms with E-state index in [1.807, 2.05) is 0 Å². The third-order valence-electron chi connectivity index (χ3n) is 4.77. The Morgan fingerprint density at radius 1 is 1.26 bits per heavy atom. The van der Waals surface area contributed by atoms with Crippen LogP contribution in [0.1, 0.15) is 32.6 Å². The Kier molecular flexibility index (Phi) is 6.07. The molecule has 0 saturated carbocycles. The Morgan fingerprint density at radius 2 is 2.00 bits per heavy atom. The number of nitrogens with zero attached hydrogens (tertiary/aromatic N) is 2. The summed E-state index contributed by atoms with van der Waals surface area (Å²) in [6, 6.07) is 1.89. The van der Waals surface area contributed by atoms with E-state index in [1.54, 1.807) is 0 Å². The molecule has 19 heavy (non-hydrogen) atoms. The number of rotatable bonds is 5. The summed E-state index contributed by atoms with van der Waals surface area (Å²) in [4.78, 5) is 5.04. The van der Waals surface area contributed by atoms with Crippen LogP contribution in [0.15, 0.2) is 0 Å². The second-order valence-corrected chi connectivity index (χ2v) is 6.19. The highest BCUT2D eigenvalue weighted by atomic mass is 16.5. The molecule has 2 rings (SSSR count). The Morgan fingerprint density at radius 3 is 2.68 bits per heavy atom. The van der Waals surface area contributed by atoms with Crippen LogP contribution in [0.2, 0.25) is 0 Å². The first kappa shape index (κ1) is 15.2. The lowest BCUT2D eigenvalue weighted by Gasteiger charge is -2.44. The van der Waals surface area contributed by atoms with Crippen LogP contribution in [0.3, 0.4) is 0 Å². The first-order valence-electron chi connectivity index (χ1n) is 7.94. The van der Waals surface area contributed by atoms with Crippen molar-refractivity contribution in [3.8, 4) is 0 Å². The van der Waals surface area contributed by atoms with Gasteiger partial charge in [0, 0.05) is 24.7 Å². The van der Waals surface area contributed by atoms with Crippen molar-refractivity contribution in [1.29, 1.82) is 0 Å². The number of likely N-dealkylation sites (tertiary alicyclic amines) is 1. The second-order valence-electron chi connectivity index (χ2n) is 6.19. The minimum atomic E-state index is 0.550. The van der Waals surface area contributed by atoms with Crippen LogP contribution >= 0.6 is 0 Å². The zero-order valence-corrected chi connectivity index (χ0v) is 12.9. The van der Waals surface area contributed by atoms with Crippen molar-refractivity contribution < 1.29 is 4.74 Å². The summed E-state index contributed by atoms with van der Waals surface area (Å²) in [6.45, 7) is 7.64. The molecule has 0 aromatic carbocycles. The molecule has 2 aliphatic rings. The predicted molar refractivity (Wildman–Crippen MR) is 79.6 cm³/mol. The molecule has 0 aromatic heterocycles. The van der Waals surface area contributed by atoms with Crippen LogP contribution in [0.4, 0.5) is 0 Å². The zero-order chi connectivity index (χ0) is 13.7. The van der Waals surface area contributed by atoms with E-state index >= 15 is 0 Å². The molecular formula is C15H31N3O. The van der Waals surface area contributed by atoms with Gasteiger partial charge in [-0.15, -0.1) is 0 Å². The topological polar surface area (TPSA) is 27.7 Å². The fourth-order valence-electron chi connectivity index (χ4n) is 3.37. The Labute approximate surface area is 118 Å². The Balaban J connectivity index is 1.89. The number of nitrogens with one attached hydrogen (secondary N) is 1. The number of piperidine rings is 1. The van der Waals surface area contributed by atoms with Crippen LogP contribution in [0.5, 0.6) is 0 Å². The highest BCUT2D eigenvalue weighted by Gasteiger charge is 2.33. The van der Waals surface area contributed by atoms with Gasteiger partial charge in [-0.25, -0.2) is 0 Å². The van der Waals surface area contributed by atoms with Gasteiger partial charge in [0.05, 0.1) is 6.61 Å². The minimum absolute atomic E-state index is 0.550. The van der Waals surface area contributed by atoms with E-state index in [0.717, 1.165) is 32.2 Å². The summed E-state index contributed by atoms with van der Waals surface area (Å²) in [5.41, 5.74) is 0. The van der Waals surface area contributed by atoms with E-state index < -0.39 is 0 Å². The van der Waals surface area contributed by atoms with E-state index in [2.05, 4.69) is 36.1 Å². The molecule has 0 bridgehead atoms. The molecule has 0 radical (unpaired) electrons. The van der Waals surface area contributed by atoms with Gasteiger partial charge in [0.25, 0.3) is 0 Å². The SMILES string of the molecule is CCCNC1CCOCC1N(C)C1CCN(C)CC1. The molecule has 4 nitrogen and oxygen atoms in total. The van der Waals surface area contributed by atoms with Gasteiger partial charge in [-0.3, -0.25) is 4.90 Å². The average molecular weight is 269 g/mol. The summed E-state index contributed by atoms with van der Waals surface area (Å²) >= 11 is 0. The second kappa shape index (κ2) is 7.58. The molecule has 4 heteroatoms. The monoisotopic (exact) mass is 269 g/mol. The fraction of sp³-hybridized carbons (Fsp3) is 1.00. The molecule has 2 saturated heterocycles. The zero-order valence-electron chi connectivity index (χ0n) is 12.9. The van der Waals surface area contributed by atoms with E-state index in [0.29, 0.717) is 12.1 Å². The van der Waals surface area contributed by atoms with E-state index in [1.165, 1.54) is 32.4 Å². The van der Waals surface area contributed by atoms with Gasteiger partial charge in [-0.1, -0.05) is 6.92 Å². The van der Waals surface area contributed by atoms with Crippen LogP contribution < -0.4 is 5.32 Å². The third kappa shape index (κ3) is 4.15. The van der Waals surface area contributed by atoms with Crippen molar-refractivity contribution >= 4 is 0 Å². The van der Waals surface area contributed by atoms with Crippen LogP contribution in [0.25, 0.3) is 0 Å². The lowest BCUT2D eigenvalue weighted by atomic mass is 9.96. The molecule has 2 aliphatic heterocycles. The molecule has 112 valence electrons. The molecule has 0 spiro atoms. The van der Waals surface area contributed by atoms with Crippen molar-refractivity contribution in [3.63, 3.8) is 0 Å². The van der Waals surface area contributed by atoms with Gasteiger partial charge in [0.15, 0.2) is 0 Å². The van der Waals surface area contributed by atoms with Crippen LogP contribution in [-0.4, -0.2) is 74.9 Å². The number of hydrogen-bond donors (Lipinski definition) is 1. The smallest absolute Gasteiger partial charge is 0.0637 e. The summed E-state index contributed by atoms with van der Waals surface area (Å²) in [6.07, 6.45) is 4.96. The van der Waals surface area contributed by atoms with Crippen molar-refractivity contribution in [2.75, 3.05) is 46.9 Å². The van der Waals surface area contributed by atoms with Crippen molar-refractivity contribution in [1.82, 2.24) is 15.1 Å². The van der Waals surface area contributed by atoms with Gasteiger partial charge < -0.3 is 15.0 Å². The van der Waals surface area contributed by atoms with E-state index in [4.69, 9.17) is 4.74 Å². The maximum Gasteiger partial charge on any atom is 0.0637 e. The third-order valence-corrected chi connectivity index (χ3v) is 4.77. The Bertz CT molecular complexity index is 254. The normalized spacial score (nSPS) is 30.9. The first-order chi connectivity index (χ1) is 9.22. The van der Waals surface area contributed by atoms with Gasteiger partial charge in [0.1, 0.15) is 0 Å². The van der Waals surface area contributed by atoms with Gasteiger partial charge in [-0.2, -0.15) is 0 Å². The lowest BCUT2D eigenvalue weighted by Crippen LogP contribution is -2.58. The predicted octanol–water partition coefficient (Wildman–Crippen LogP) is 1.17. The first-order valence-corrected chi connectivity index (χ1v) is 7.94. The molecule has 0 aliphatic carbocycles. The van der Waals surface area contributed by atoms with Gasteiger partial charge >= 0.3 is 0 Å². The highest BCUT2D eigenvalue weighted by molar-refractivity contribution is 4.90. The summed E-state index contributed by atoms with van der Waals surface area (Å²) in [5, 5.41) is 3.72. The molecule has 0 amide bonds. The standard InChI is InChI=1S/C15H31N3O/c1-4-8-16-14-7-11-19-12-15(14)18(3)13-5-9-17(2)10-6-13/h13-16H,4-12H2,1-3H3. The molecular weight excluding hydrogens is 238 g/mol. The molecule has 1 N–H and O–H groups in total. The molecule has 2 heterocycles. The molecule has 0 aromatic rings. The summed E-state index contributed by atoms with van der Waals surface area (Å²) in [7, 11) is 4.53. The molecule has 2 atom stereocenters. The van der Waals surface area contributed by atoms with Gasteiger partial charge in [0.2, 0.25) is 0 Å². The number of hydrogen-bond acceptors (Lipinski definition) is 4. The summed E-state index contributed by atoms with van der Waals surface area (Å²) in [5.74, 6) is 0. The van der Waals surface area contributed by atoms with Gasteiger partial charge in [-0.05, 0) is 59.4 Å². The quantitative estimate of drug-likeness (QED) is 0.811. The lowest BCUT2D eigenvalue weighted by molar-refractivity contribution is -0.0176. The number of ether oxygens (including phenoxy) is 1. The maximum atomic E-state index is 5.73. The average Bonchev–Trinajstić information content (AvgIpc) is 2.45. The van der Waals surface area contributed by atoms with E-state index in [9.17, 15) is 0 Å². The van der Waals surface area contributed by atoms with Crippen molar-refractivity contribution in [2.45, 2.75) is 50.7 Å². The largest absolute Gasteiger partial charge is 0.380 e. The maximum absolute atomic E-state index is 5.73. The Hall–Kier alpha value is -0.160. The number of likely N-dealkylation sites (N-methyl/N-ethyl adjacent to an activating group) is 1. The van der Waals surface area contributed by atoms with Crippen molar-refractivity contribution in [2.24, 2.45) is 0 Å². The van der Waals surface area contributed by atoms with Crippen LogP contribution in [0, 0.1) is 0 Å². The highest BCUT2D eigenvalue weighted by Crippen LogP contribution is 2.21. The molecule has 2 unspecified atom stereocenters. The van der Waals surface area contributed by atoms with E-state index in [-0.39, 0.29) is 0 Å². The van der Waals surface area contributed by atoms with Crippen LogP contribution in [-0.2, 0) is 4.74 Å². The summed E-state index contributed by atoms with van der Waals surface area (Å²) < 4.78 is 5.73. The minimum Gasteiger partial charge on any atom is -0.380 e. The van der Waals surface area contributed by atoms with Crippen molar-refractivity contribution in [3.05, 3.63) is 0 Å². The fourth-order valence-corrected chi connectivity index (χ4v) is 3.37.